The zero-order chi connectivity index (χ0) is 16.8. The van der Waals surface area contributed by atoms with Crippen LogP contribution in [0.2, 0.25) is 0 Å². The van der Waals surface area contributed by atoms with E-state index in [0.717, 1.165) is 18.3 Å². The van der Waals surface area contributed by atoms with Gasteiger partial charge in [0.1, 0.15) is 0 Å². The molecule has 0 saturated heterocycles. The van der Waals surface area contributed by atoms with Gasteiger partial charge in [0.15, 0.2) is 0 Å². The second kappa shape index (κ2) is 5.40. The quantitative estimate of drug-likeness (QED) is 0.776. The lowest BCUT2D eigenvalue weighted by Crippen LogP contribution is -2.08. The summed E-state index contributed by atoms with van der Waals surface area (Å²) in [6, 6.07) is 2.25. The molecular weight excluding hydrogens is 305 g/mol. The highest BCUT2D eigenvalue weighted by atomic mass is 19.4. The number of alkyl halides is 3. The molecular formula is C16H17F3N4. The highest BCUT2D eigenvalue weighted by Gasteiger charge is 2.32. The Balaban J connectivity index is 2.19. The van der Waals surface area contributed by atoms with Gasteiger partial charge in [0, 0.05) is 23.2 Å². The van der Waals surface area contributed by atoms with Crippen molar-refractivity contribution in [2.24, 2.45) is 5.92 Å². The molecule has 3 rings (SSSR count). The molecule has 3 aromatic rings. The number of nitrogens with zero attached hydrogens (tertiary/aromatic N) is 3. The van der Waals surface area contributed by atoms with Crippen LogP contribution in [0, 0.1) is 12.8 Å². The molecule has 0 aliphatic heterocycles. The van der Waals surface area contributed by atoms with E-state index < -0.39 is 11.7 Å². The van der Waals surface area contributed by atoms with Gasteiger partial charge in [-0.2, -0.15) is 23.4 Å². The zero-order valence-electron chi connectivity index (χ0n) is 13.1. The van der Waals surface area contributed by atoms with E-state index in [-0.39, 0.29) is 0 Å². The van der Waals surface area contributed by atoms with Gasteiger partial charge in [-0.25, -0.2) is 0 Å². The van der Waals surface area contributed by atoms with Crippen LogP contribution in [0.15, 0.2) is 24.5 Å². The zero-order valence-corrected chi connectivity index (χ0v) is 13.1. The maximum atomic E-state index is 13.1. The molecule has 0 aliphatic carbocycles. The van der Waals surface area contributed by atoms with Gasteiger partial charge in [0.25, 0.3) is 0 Å². The molecule has 0 aliphatic rings. The van der Waals surface area contributed by atoms with Gasteiger partial charge in [-0.3, -0.25) is 9.78 Å². The average molecular weight is 322 g/mol. The van der Waals surface area contributed by atoms with Crippen LogP contribution in [-0.4, -0.2) is 20.0 Å². The minimum absolute atomic E-state index is 0.367. The number of halogens is 3. The van der Waals surface area contributed by atoms with Crippen molar-refractivity contribution in [3.63, 3.8) is 0 Å². The predicted octanol–water partition coefficient (Wildman–Crippen LogP) is 4.41. The molecule has 0 unspecified atom stereocenters. The highest BCUT2D eigenvalue weighted by Crippen LogP contribution is 2.37. The van der Waals surface area contributed by atoms with Crippen LogP contribution in [0.25, 0.3) is 22.0 Å². The van der Waals surface area contributed by atoms with Crippen LogP contribution in [-0.2, 0) is 12.7 Å². The third kappa shape index (κ3) is 2.83. The van der Waals surface area contributed by atoms with Crippen LogP contribution in [0.5, 0.6) is 0 Å². The van der Waals surface area contributed by atoms with Gasteiger partial charge in [-0.15, -0.1) is 0 Å². The molecule has 1 aromatic carbocycles. The molecule has 23 heavy (non-hydrogen) atoms. The maximum Gasteiger partial charge on any atom is 0.416 e. The highest BCUT2D eigenvalue weighted by molar-refractivity contribution is 5.95. The average Bonchev–Trinajstić information content (AvgIpc) is 3.04. The third-order valence-corrected chi connectivity index (χ3v) is 3.82. The SMILES string of the molecule is Cc1c(-c2cc(C(F)(F)F)cc3[nH]ncc23)cnn1CC(C)C. The van der Waals surface area contributed by atoms with Gasteiger partial charge < -0.3 is 0 Å². The van der Waals surface area contributed by atoms with Crippen molar-refractivity contribution >= 4 is 10.9 Å². The Hall–Kier alpha value is -2.31. The number of aromatic nitrogens is 4. The van der Waals surface area contributed by atoms with Crippen molar-refractivity contribution in [3.8, 4) is 11.1 Å². The summed E-state index contributed by atoms with van der Waals surface area (Å²) in [4.78, 5) is 0. The van der Waals surface area contributed by atoms with Crippen LogP contribution in [0.3, 0.4) is 0 Å². The standard InChI is InChI=1S/C16H17F3N4/c1-9(2)8-23-10(3)13(7-21-23)12-4-11(16(17,18)19)5-15-14(12)6-20-22-15/h4-7,9H,8H2,1-3H3,(H,20,22). The molecule has 0 atom stereocenters. The molecule has 0 bridgehead atoms. The molecule has 2 heterocycles. The first-order valence-electron chi connectivity index (χ1n) is 7.34. The van der Waals surface area contributed by atoms with Gasteiger partial charge in [0.05, 0.1) is 23.5 Å². The van der Waals surface area contributed by atoms with E-state index in [1.807, 2.05) is 11.6 Å². The van der Waals surface area contributed by atoms with E-state index in [4.69, 9.17) is 0 Å². The van der Waals surface area contributed by atoms with Crippen LogP contribution in [0.1, 0.15) is 25.1 Å². The van der Waals surface area contributed by atoms with Crippen LogP contribution in [0.4, 0.5) is 13.2 Å². The molecule has 7 heteroatoms. The molecule has 2 aromatic heterocycles. The van der Waals surface area contributed by atoms with Crippen molar-refractivity contribution in [2.75, 3.05) is 0 Å². The predicted molar refractivity (Wildman–Crippen MR) is 81.9 cm³/mol. The van der Waals surface area contributed by atoms with E-state index in [9.17, 15) is 13.2 Å². The molecule has 1 N–H and O–H groups in total. The van der Waals surface area contributed by atoms with Crippen LogP contribution < -0.4 is 0 Å². The summed E-state index contributed by atoms with van der Waals surface area (Å²) in [5.41, 5.74) is 1.71. The topological polar surface area (TPSA) is 46.5 Å². The third-order valence-electron chi connectivity index (χ3n) is 3.82. The summed E-state index contributed by atoms with van der Waals surface area (Å²) in [5.74, 6) is 0.400. The van der Waals surface area contributed by atoms with Gasteiger partial charge in [-0.1, -0.05) is 13.8 Å². The fourth-order valence-electron chi connectivity index (χ4n) is 2.68. The fraction of sp³-hybridized carbons (Fsp3) is 0.375. The Bertz CT molecular complexity index is 843. The van der Waals surface area contributed by atoms with Crippen molar-refractivity contribution in [2.45, 2.75) is 33.5 Å². The molecule has 0 spiro atoms. The lowest BCUT2D eigenvalue weighted by molar-refractivity contribution is -0.137. The Kier molecular flexibility index (Phi) is 3.66. The second-order valence-corrected chi connectivity index (χ2v) is 6.07. The number of hydrogen-bond acceptors (Lipinski definition) is 2. The van der Waals surface area contributed by atoms with Gasteiger partial charge in [0.2, 0.25) is 0 Å². The molecule has 0 saturated carbocycles. The van der Waals surface area contributed by atoms with Crippen molar-refractivity contribution < 1.29 is 13.2 Å². The maximum absolute atomic E-state index is 13.1. The number of benzene rings is 1. The van der Waals surface area contributed by atoms with E-state index >= 15 is 0 Å². The summed E-state index contributed by atoms with van der Waals surface area (Å²) in [5, 5.41) is 11.5. The number of aromatic amines is 1. The Morgan fingerprint density at radius 3 is 2.57 bits per heavy atom. The van der Waals surface area contributed by atoms with E-state index in [0.29, 0.717) is 27.9 Å². The van der Waals surface area contributed by atoms with Gasteiger partial charge >= 0.3 is 6.18 Å². The van der Waals surface area contributed by atoms with Crippen molar-refractivity contribution in [3.05, 3.63) is 35.8 Å². The molecule has 0 fully saturated rings. The minimum atomic E-state index is -4.41. The first-order valence-corrected chi connectivity index (χ1v) is 7.34. The summed E-state index contributed by atoms with van der Waals surface area (Å²) >= 11 is 0. The number of nitrogens with one attached hydrogen (secondary N) is 1. The number of hydrogen-bond donors (Lipinski definition) is 1. The molecule has 4 nitrogen and oxygen atoms in total. The first-order chi connectivity index (χ1) is 10.8. The summed E-state index contributed by atoms with van der Waals surface area (Å²) in [6.45, 7) is 6.73. The summed E-state index contributed by atoms with van der Waals surface area (Å²) in [6.07, 6.45) is -1.24. The van der Waals surface area contributed by atoms with Crippen molar-refractivity contribution in [1.82, 2.24) is 20.0 Å². The number of rotatable bonds is 3. The summed E-state index contributed by atoms with van der Waals surface area (Å²) in [7, 11) is 0. The monoisotopic (exact) mass is 322 g/mol. The largest absolute Gasteiger partial charge is 0.416 e. The van der Waals surface area contributed by atoms with Crippen molar-refractivity contribution in [1.29, 1.82) is 0 Å². The van der Waals surface area contributed by atoms with E-state index in [1.54, 1.807) is 12.4 Å². The fourth-order valence-corrected chi connectivity index (χ4v) is 2.68. The first kappa shape index (κ1) is 15.6. The Morgan fingerprint density at radius 2 is 1.91 bits per heavy atom. The smallest absolute Gasteiger partial charge is 0.278 e. The van der Waals surface area contributed by atoms with Gasteiger partial charge in [-0.05, 0) is 30.5 Å². The Morgan fingerprint density at radius 1 is 1.17 bits per heavy atom. The second-order valence-electron chi connectivity index (χ2n) is 6.07. The lowest BCUT2D eigenvalue weighted by atomic mass is 9.99. The summed E-state index contributed by atoms with van der Waals surface area (Å²) < 4.78 is 41.2. The number of fused-ring (bicyclic) bond motifs is 1. The Labute approximate surface area is 131 Å². The lowest BCUT2D eigenvalue weighted by Gasteiger charge is -2.11. The molecule has 122 valence electrons. The molecule has 0 amide bonds. The molecule has 0 radical (unpaired) electrons. The van der Waals surface area contributed by atoms with Crippen LogP contribution >= 0.6 is 0 Å². The van der Waals surface area contributed by atoms with E-state index in [1.165, 1.54) is 6.07 Å². The minimum Gasteiger partial charge on any atom is -0.278 e. The normalized spacial score (nSPS) is 12.5. The number of H-pyrrole nitrogens is 1. The van der Waals surface area contributed by atoms with E-state index in [2.05, 4.69) is 29.1 Å².